The molecule has 4 nitrogen and oxygen atoms in total. The fourth-order valence-electron chi connectivity index (χ4n) is 3.25. The van der Waals surface area contributed by atoms with E-state index in [9.17, 15) is 9.90 Å². The van der Waals surface area contributed by atoms with Crippen LogP contribution < -0.4 is 0 Å². The van der Waals surface area contributed by atoms with E-state index in [-0.39, 0.29) is 12.1 Å². The van der Waals surface area contributed by atoms with Crippen molar-refractivity contribution in [3.8, 4) is 0 Å². The van der Waals surface area contributed by atoms with Gasteiger partial charge in [-0.1, -0.05) is 44.2 Å². The van der Waals surface area contributed by atoms with Gasteiger partial charge in [-0.05, 0) is 24.9 Å². The first kappa shape index (κ1) is 16.0. The van der Waals surface area contributed by atoms with E-state index in [1.165, 1.54) is 5.56 Å². The summed E-state index contributed by atoms with van der Waals surface area (Å²) in [5, 5.41) is 9.42. The molecule has 0 aromatic heterocycles. The van der Waals surface area contributed by atoms with Gasteiger partial charge in [0.1, 0.15) is 0 Å². The largest absolute Gasteiger partial charge is 0.481 e. The molecule has 0 amide bonds. The van der Waals surface area contributed by atoms with Gasteiger partial charge >= 0.3 is 5.97 Å². The van der Waals surface area contributed by atoms with Gasteiger partial charge in [-0.3, -0.25) is 9.69 Å². The zero-order chi connectivity index (χ0) is 15.2. The highest BCUT2D eigenvalue weighted by Crippen LogP contribution is 2.31. The van der Waals surface area contributed by atoms with Gasteiger partial charge in [0, 0.05) is 12.1 Å². The maximum Gasteiger partial charge on any atom is 0.310 e. The molecule has 21 heavy (non-hydrogen) atoms. The number of carboxylic acids is 1. The molecule has 1 aromatic rings. The van der Waals surface area contributed by atoms with Crippen LogP contribution in [0.1, 0.15) is 38.3 Å². The molecule has 0 radical (unpaired) electrons. The van der Waals surface area contributed by atoms with Crippen molar-refractivity contribution in [2.75, 3.05) is 19.8 Å². The SMILES string of the molecule is CCCN(C(CC)c1ccccc1)C1COCC1C(=O)O. The Morgan fingerprint density at radius 2 is 2.05 bits per heavy atom. The molecule has 0 aliphatic carbocycles. The normalized spacial score (nSPS) is 23.4. The van der Waals surface area contributed by atoms with Gasteiger partial charge in [-0.2, -0.15) is 0 Å². The Morgan fingerprint density at radius 1 is 1.33 bits per heavy atom. The number of rotatable bonds is 7. The van der Waals surface area contributed by atoms with Crippen molar-refractivity contribution in [2.24, 2.45) is 5.92 Å². The van der Waals surface area contributed by atoms with E-state index in [1.807, 2.05) is 18.2 Å². The van der Waals surface area contributed by atoms with Gasteiger partial charge in [0.2, 0.25) is 0 Å². The Labute approximate surface area is 126 Å². The smallest absolute Gasteiger partial charge is 0.310 e. The molecule has 1 fully saturated rings. The third-order valence-corrected chi connectivity index (χ3v) is 4.25. The van der Waals surface area contributed by atoms with Crippen LogP contribution >= 0.6 is 0 Å². The zero-order valence-electron chi connectivity index (χ0n) is 12.9. The summed E-state index contributed by atoms with van der Waals surface area (Å²) in [6.07, 6.45) is 1.97. The number of nitrogens with zero attached hydrogens (tertiary/aromatic N) is 1. The molecule has 0 spiro atoms. The van der Waals surface area contributed by atoms with E-state index in [1.54, 1.807) is 0 Å². The van der Waals surface area contributed by atoms with Crippen LogP contribution in [0.4, 0.5) is 0 Å². The zero-order valence-corrected chi connectivity index (χ0v) is 12.9. The summed E-state index contributed by atoms with van der Waals surface area (Å²) < 4.78 is 5.47. The predicted octanol–water partition coefficient (Wildman–Crippen LogP) is 2.95. The molecule has 1 saturated heterocycles. The Balaban J connectivity index is 2.26. The summed E-state index contributed by atoms with van der Waals surface area (Å²) in [5.74, 6) is -1.17. The minimum atomic E-state index is -0.749. The minimum Gasteiger partial charge on any atom is -0.481 e. The van der Waals surface area contributed by atoms with Crippen molar-refractivity contribution >= 4 is 5.97 Å². The van der Waals surface area contributed by atoms with Crippen LogP contribution in [0.15, 0.2) is 30.3 Å². The van der Waals surface area contributed by atoms with E-state index in [4.69, 9.17) is 4.74 Å². The van der Waals surface area contributed by atoms with Gasteiger partial charge in [0.05, 0.1) is 19.1 Å². The van der Waals surface area contributed by atoms with Gasteiger partial charge in [-0.15, -0.1) is 0 Å². The molecule has 1 aliphatic heterocycles. The molecule has 1 aliphatic rings. The van der Waals surface area contributed by atoms with Crippen molar-refractivity contribution in [3.05, 3.63) is 35.9 Å². The Kier molecular flexibility index (Phi) is 5.76. The van der Waals surface area contributed by atoms with Crippen molar-refractivity contribution < 1.29 is 14.6 Å². The first-order valence-corrected chi connectivity index (χ1v) is 7.80. The molecule has 116 valence electrons. The number of ether oxygens (including phenoxy) is 1. The maximum atomic E-state index is 11.5. The fraction of sp³-hybridized carbons (Fsp3) is 0.588. The van der Waals surface area contributed by atoms with E-state index < -0.39 is 11.9 Å². The maximum absolute atomic E-state index is 11.5. The summed E-state index contributed by atoms with van der Waals surface area (Å²) in [6.45, 7) is 6.03. The van der Waals surface area contributed by atoms with E-state index in [2.05, 4.69) is 30.9 Å². The third kappa shape index (κ3) is 3.63. The standard InChI is InChI=1S/C17H25NO3/c1-3-10-18(16-12-21-11-14(16)17(19)20)15(4-2)13-8-6-5-7-9-13/h5-9,14-16H,3-4,10-12H2,1-2H3,(H,19,20). The van der Waals surface area contributed by atoms with Crippen LogP contribution in [0.3, 0.4) is 0 Å². The molecule has 3 atom stereocenters. The van der Waals surface area contributed by atoms with Crippen LogP contribution in [-0.4, -0.2) is 41.8 Å². The van der Waals surface area contributed by atoms with Crippen molar-refractivity contribution in [3.63, 3.8) is 0 Å². The van der Waals surface area contributed by atoms with Crippen molar-refractivity contribution in [2.45, 2.75) is 38.8 Å². The molecule has 4 heteroatoms. The fourth-order valence-corrected chi connectivity index (χ4v) is 3.25. The van der Waals surface area contributed by atoms with Crippen LogP contribution in [0.2, 0.25) is 0 Å². The molecule has 1 aromatic carbocycles. The van der Waals surface area contributed by atoms with Gasteiger partial charge < -0.3 is 9.84 Å². The van der Waals surface area contributed by atoms with E-state index in [0.29, 0.717) is 13.2 Å². The lowest BCUT2D eigenvalue weighted by Gasteiger charge is -2.37. The predicted molar refractivity (Wildman–Crippen MR) is 82.2 cm³/mol. The van der Waals surface area contributed by atoms with Gasteiger partial charge in [-0.25, -0.2) is 0 Å². The van der Waals surface area contributed by atoms with Gasteiger partial charge in [0.25, 0.3) is 0 Å². The summed E-state index contributed by atoms with van der Waals surface area (Å²) >= 11 is 0. The molecule has 3 unspecified atom stereocenters. The highest BCUT2D eigenvalue weighted by atomic mass is 16.5. The van der Waals surface area contributed by atoms with Crippen LogP contribution in [0, 0.1) is 5.92 Å². The van der Waals surface area contributed by atoms with Crippen molar-refractivity contribution in [1.82, 2.24) is 4.90 Å². The second-order valence-electron chi connectivity index (χ2n) is 5.62. The summed E-state index contributed by atoms with van der Waals surface area (Å²) in [7, 11) is 0. The first-order chi connectivity index (χ1) is 10.2. The summed E-state index contributed by atoms with van der Waals surface area (Å²) in [5.41, 5.74) is 1.25. The third-order valence-electron chi connectivity index (χ3n) is 4.25. The number of benzene rings is 1. The molecular weight excluding hydrogens is 266 g/mol. The topological polar surface area (TPSA) is 49.8 Å². The highest BCUT2D eigenvalue weighted by molar-refractivity contribution is 5.71. The Bertz CT molecular complexity index is 449. The highest BCUT2D eigenvalue weighted by Gasteiger charge is 2.40. The van der Waals surface area contributed by atoms with E-state index >= 15 is 0 Å². The van der Waals surface area contributed by atoms with Crippen molar-refractivity contribution in [1.29, 1.82) is 0 Å². The molecule has 1 N–H and O–H groups in total. The average Bonchev–Trinajstić information content (AvgIpc) is 2.97. The van der Waals surface area contributed by atoms with Crippen LogP contribution in [0.25, 0.3) is 0 Å². The Morgan fingerprint density at radius 3 is 2.62 bits per heavy atom. The number of carboxylic acid groups (broad SMARTS) is 1. The van der Waals surface area contributed by atoms with Gasteiger partial charge in [0.15, 0.2) is 0 Å². The molecule has 2 rings (SSSR count). The number of hydrogen-bond acceptors (Lipinski definition) is 3. The number of aliphatic carboxylic acids is 1. The molecular formula is C17H25NO3. The molecule has 0 bridgehead atoms. The lowest BCUT2D eigenvalue weighted by Crippen LogP contribution is -2.45. The molecule has 1 heterocycles. The Hall–Kier alpha value is -1.39. The number of hydrogen-bond donors (Lipinski definition) is 1. The minimum absolute atomic E-state index is 0.0346. The van der Waals surface area contributed by atoms with Crippen LogP contribution in [0.5, 0.6) is 0 Å². The van der Waals surface area contributed by atoms with E-state index in [0.717, 1.165) is 19.4 Å². The summed E-state index contributed by atoms with van der Waals surface area (Å²) in [4.78, 5) is 13.8. The number of carbonyl (C=O) groups is 1. The second-order valence-corrected chi connectivity index (χ2v) is 5.62. The summed E-state index contributed by atoms with van der Waals surface area (Å²) in [6, 6.07) is 10.6. The second kappa shape index (κ2) is 7.57. The quantitative estimate of drug-likeness (QED) is 0.839. The lowest BCUT2D eigenvalue weighted by molar-refractivity contribution is -0.143. The monoisotopic (exact) mass is 291 g/mol. The first-order valence-electron chi connectivity index (χ1n) is 7.80. The van der Waals surface area contributed by atoms with Crippen LogP contribution in [-0.2, 0) is 9.53 Å². The average molecular weight is 291 g/mol. The molecule has 0 saturated carbocycles. The lowest BCUT2D eigenvalue weighted by atomic mass is 9.95.